The number of carboxylic acids is 1. The van der Waals surface area contributed by atoms with Gasteiger partial charge in [0.05, 0.1) is 0 Å². The Morgan fingerprint density at radius 2 is 1.00 bits per heavy atom. The van der Waals surface area contributed by atoms with E-state index in [-0.39, 0.29) is 0 Å². The highest BCUT2D eigenvalue weighted by Gasteiger charge is 2.03. The van der Waals surface area contributed by atoms with E-state index in [1.165, 1.54) is 96.3 Å². The first-order chi connectivity index (χ1) is 14.1. The summed E-state index contributed by atoms with van der Waals surface area (Å²) < 4.78 is 0. The molecule has 0 amide bonds. The van der Waals surface area contributed by atoms with E-state index < -0.39 is 5.97 Å². The first kappa shape index (κ1) is 30.6. The lowest BCUT2D eigenvalue weighted by Gasteiger charge is -2.10. The zero-order valence-corrected chi connectivity index (χ0v) is 20.2. The number of aliphatic carboxylic acids is 1. The highest BCUT2D eigenvalue weighted by atomic mass is 16.4. The quantitative estimate of drug-likeness (QED) is 0.185. The van der Waals surface area contributed by atoms with Crippen molar-refractivity contribution in [3.05, 3.63) is 0 Å². The molecule has 0 aromatic rings. The average Bonchev–Trinajstić information content (AvgIpc) is 2.71. The first-order valence-electron chi connectivity index (χ1n) is 12.9. The van der Waals surface area contributed by atoms with Crippen molar-refractivity contribution >= 4 is 5.97 Å². The number of unbranched alkanes of at least 4 members (excludes halogenated alkanes) is 15. The summed E-state index contributed by atoms with van der Waals surface area (Å²) in [6.45, 7) is 6.91. The third-order valence-corrected chi connectivity index (χ3v) is 5.80. The van der Waals surface area contributed by atoms with Crippen molar-refractivity contribution in [3.63, 3.8) is 0 Å². The highest BCUT2D eigenvalue weighted by molar-refractivity contribution is 5.66. The summed E-state index contributed by atoms with van der Waals surface area (Å²) >= 11 is 0. The van der Waals surface area contributed by atoms with Gasteiger partial charge in [0.1, 0.15) is 0 Å². The van der Waals surface area contributed by atoms with Gasteiger partial charge in [0.25, 0.3) is 0 Å². The number of hydrogen-bond donors (Lipinski definition) is 2. The van der Waals surface area contributed by atoms with E-state index in [0.29, 0.717) is 18.9 Å². The third-order valence-electron chi connectivity index (χ3n) is 5.80. The van der Waals surface area contributed by atoms with Gasteiger partial charge in [-0.25, -0.2) is 0 Å². The molecule has 0 aliphatic heterocycles. The van der Waals surface area contributed by atoms with Crippen LogP contribution in [0, 0.1) is 5.92 Å². The molecule has 1 atom stereocenters. The molecule has 0 saturated heterocycles. The Kier molecular flexibility index (Phi) is 29.0. The molecule has 0 aromatic heterocycles. The van der Waals surface area contributed by atoms with E-state index in [1.807, 2.05) is 0 Å². The summed E-state index contributed by atoms with van der Waals surface area (Å²) in [6, 6.07) is 0. The van der Waals surface area contributed by atoms with Crippen LogP contribution in [0.15, 0.2) is 0 Å². The molecule has 29 heavy (non-hydrogen) atoms. The molecule has 0 bridgehead atoms. The Balaban J connectivity index is 0. The summed E-state index contributed by atoms with van der Waals surface area (Å²) in [5.74, 6) is -0.124. The van der Waals surface area contributed by atoms with E-state index in [9.17, 15) is 4.79 Å². The third kappa shape index (κ3) is 29.7. The fourth-order valence-electron chi connectivity index (χ4n) is 3.58. The van der Waals surface area contributed by atoms with Crippen LogP contribution in [0.5, 0.6) is 0 Å². The second-order valence-electron chi connectivity index (χ2n) is 8.69. The second kappa shape index (κ2) is 27.4. The van der Waals surface area contributed by atoms with Crippen LogP contribution in [0.3, 0.4) is 0 Å². The maximum atomic E-state index is 9.87. The Labute approximate surface area is 183 Å². The topological polar surface area (TPSA) is 57.5 Å². The number of hydrogen-bond acceptors (Lipinski definition) is 2. The highest BCUT2D eigenvalue weighted by Crippen LogP contribution is 2.16. The van der Waals surface area contributed by atoms with Crippen LogP contribution >= 0.6 is 0 Å². The molecule has 0 aromatic carbocycles. The standard InChI is InChI=1S/C20H42O.C6H12O2/c1-3-5-6-7-8-9-10-11-12-13-14-15-16-17-18-20(4-2)19-21;1-2-3-4-5-6(7)8/h20-21H,3-19H2,1-2H3;2-5H2,1H3,(H,7,8). The Morgan fingerprint density at radius 1 is 0.621 bits per heavy atom. The van der Waals surface area contributed by atoms with Gasteiger partial charge >= 0.3 is 5.97 Å². The normalized spacial score (nSPS) is 11.7. The summed E-state index contributed by atoms with van der Waals surface area (Å²) in [5.41, 5.74) is 0. The molecule has 176 valence electrons. The molecule has 0 saturated carbocycles. The SMILES string of the molecule is CCCCCC(=O)O.CCCCCCCCCCCCCCCCC(CC)CO. The second-order valence-corrected chi connectivity index (χ2v) is 8.69. The fraction of sp³-hybridized carbons (Fsp3) is 0.962. The Hall–Kier alpha value is -0.570. The van der Waals surface area contributed by atoms with E-state index in [1.54, 1.807) is 0 Å². The van der Waals surface area contributed by atoms with E-state index in [4.69, 9.17) is 10.2 Å². The number of rotatable bonds is 21. The van der Waals surface area contributed by atoms with Crippen LogP contribution in [0.2, 0.25) is 0 Å². The van der Waals surface area contributed by atoms with E-state index in [2.05, 4.69) is 20.8 Å². The monoisotopic (exact) mass is 414 g/mol. The summed E-state index contributed by atoms with van der Waals surface area (Å²) in [4.78, 5) is 9.87. The van der Waals surface area contributed by atoms with Crippen molar-refractivity contribution in [3.8, 4) is 0 Å². The molecule has 3 heteroatoms. The summed E-state index contributed by atoms with van der Waals surface area (Å²) in [5, 5.41) is 17.3. The van der Waals surface area contributed by atoms with E-state index >= 15 is 0 Å². The zero-order valence-electron chi connectivity index (χ0n) is 20.2. The van der Waals surface area contributed by atoms with Crippen LogP contribution in [0.4, 0.5) is 0 Å². The number of carbonyl (C=O) groups is 1. The molecule has 3 nitrogen and oxygen atoms in total. The largest absolute Gasteiger partial charge is 0.481 e. The van der Waals surface area contributed by atoms with Gasteiger partial charge in [0.15, 0.2) is 0 Å². The molecule has 0 spiro atoms. The smallest absolute Gasteiger partial charge is 0.303 e. The van der Waals surface area contributed by atoms with Crippen LogP contribution in [0.25, 0.3) is 0 Å². The van der Waals surface area contributed by atoms with Crippen LogP contribution < -0.4 is 0 Å². The minimum absolute atomic E-state index is 0.327. The zero-order chi connectivity index (χ0) is 22.0. The van der Waals surface area contributed by atoms with Gasteiger partial charge in [-0.2, -0.15) is 0 Å². The van der Waals surface area contributed by atoms with Crippen molar-refractivity contribution in [1.29, 1.82) is 0 Å². The molecule has 0 rings (SSSR count). The number of aliphatic hydroxyl groups excluding tert-OH is 1. The van der Waals surface area contributed by atoms with Crippen molar-refractivity contribution < 1.29 is 15.0 Å². The summed E-state index contributed by atoms with van der Waals surface area (Å²) in [6.07, 6.45) is 25.6. The molecule has 0 heterocycles. The minimum atomic E-state index is -0.682. The van der Waals surface area contributed by atoms with Crippen LogP contribution in [0.1, 0.15) is 149 Å². The lowest BCUT2D eigenvalue weighted by Crippen LogP contribution is -2.03. The van der Waals surface area contributed by atoms with Gasteiger partial charge in [0.2, 0.25) is 0 Å². The van der Waals surface area contributed by atoms with Gasteiger partial charge in [-0.1, -0.05) is 130 Å². The van der Waals surface area contributed by atoms with Gasteiger partial charge in [-0.15, -0.1) is 0 Å². The molecular weight excluding hydrogens is 360 g/mol. The first-order valence-corrected chi connectivity index (χ1v) is 12.9. The molecular formula is C26H54O3. The molecule has 0 radical (unpaired) electrons. The average molecular weight is 415 g/mol. The summed E-state index contributed by atoms with van der Waals surface area (Å²) in [7, 11) is 0. The van der Waals surface area contributed by atoms with Crippen molar-refractivity contribution in [2.75, 3.05) is 6.61 Å². The lowest BCUT2D eigenvalue weighted by molar-refractivity contribution is -0.137. The van der Waals surface area contributed by atoms with Gasteiger partial charge < -0.3 is 10.2 Å². The maximum Gasteiger partial charge on any atom is 0.303 e. The fourth-order valence-corrected chi connectivity index (χ4v) is 3.58. The predicted octanol–water partition coefficient (Wildman–Crippen LogP) is 8.53. The Morgan fingerprint density at radius 3 is 1.34 bits per heavy atom. The van der Waals surface area contributed by atoms with E-state index in [0.717, 1.165) is 25.7 Å². The molecule has 1 unspecified atom stereocenters. The Bertz CT molecular complexity index is 300. The van der Waals surface area contributed by atoms with Crippen molar-refractivity contribution in [1.82, 2.24) is 0 Å². The molecule has 2 N–H and O–H groups in total. The molecule has 0 fully saturated rings. The van der Waals surface area contributed by atoms with Gasteiger partial charge in [-0.05, 0) is 18.8 Å². The van der Waals surface area contributed by atoms with Crippen molar-refractivity contribution in [2.45, 2.75) is 149 Å². The predicted molar refractivity (Wildman–Crippen MR) is 128 cm³/mol. The molecule has 0 aliphatic rings. The van der Waals surface area contributed by atoms with Gasteiger partial charge in [-0.3, -0.25) is 4.79 Å². The van der Waals surface area contributed by atoms with Crippen molar-refractivity contribution in [2.24, 2.45) is 5.92 Å². The maximum absolute atomic E-state index is 9.87. The van der Waals surface area contributed by atoms with Gasteiger partial charge in [0, 0.05) is 13.0 Å². The lowest BCUT2D eigenvalue weighted by atomic mass is 9.98. The van der Waals surface area contributed by atoms with Crippen LogP contribution in [-0.2, 0) is 4.79 Å². The van der Waals surface area contributed by atoms with Crippen LogP contribution in [-0.4, -0.2) is 22.8 Å². The molecule has 0 aliphatic carbocycles. The number of carboxylic acid groups (broad SMARTS) is 1. The minimum Gasteiger partial charge on any atom is -0.481 e. The number of aliphatic hydroxyl groups is 1.